The number of hydrogen-bond donors (Lipinski definition) is 0. The Bertz CT molecular complexity index is 1060. The molecule has 6 heteroatoms. The minimum atomic E-state index is -5.01. The molecule has 3 unspecified atom stereocenters. The fourth-order valence-electron chi connectivity index (χ4n) is 3.92. The van der Waals surface area contributed by atoms with Crippen molar-refractivity contribution in [3.8, 4) is 0 Å². The number of amides is 1. The van der Waals surface area contributed by atoms with E-state index >= 15 is 0 Å². The third kappa shape index (κ3) is 4.95. The maximum atomic E-state index is 13.3. The molecule has 3 rings (SSSR count). The van der Waals surface area contributed by atoms with Gasteiger partial charge in [0, 0.05) is 11.1 Å². The maximum Gasteiger partial charge on any atom is 0.471 e. The van der Waals surface area contributed by atoms with Crippen LogP contribution in [0, 0.1) is 25.7 Å². The lowest BCUT2D eigenvalue weighted by Gasteiger charge is -2.36. The highest BCUT2D eigenvalue weighted by molar-refractivity contribution is 6.14. The Morgan fingerprint density at radius 1 is 1.06 bits per heavy atom. The Kier molecular flexibility index (Phi) is 6.63. The van der Waals surface area contributed by atoms with Gasteiger partial charge in [0.15, 0.2) is 5.78 Å². The first-order valence-corrected chi connectivity index (χ1v) is 10.7. The molecule has 1 heterocycles. The van der Waals surface area contributed by atoms with Crippen molar-refractivity contribution in [3.05, 3.63) is 75.9 Å². The summed E-state index contributed by atoms with van der Waals surface area (Å²) in [5.74, 6) is -1.70. The predicted octanol–water partition coefficient (Wildman–Crippen LogP) is 5.74. The number of Topliss-reactive ketones (excluding diaryl/α,β-unsaturated/α-hetero) is 1. The highest BCUT2D eigenvalue weighted by atomic mass is 19.4. The smallest absolute Gasteiger partial charge is 0.324 e. The summed E-state index contributed by atoms with van der Waals surface area (Å²) in [4.78, 5) is 26.2. The molecule has 3 nitrogen and oxygen atoms in total. The van der Waals surface area contributed by atoms with E-state index in [4.69, 9.17) is 0 Å². The van der Waals surface area contributed by atoms with E-state index < -0.39 is 18.1 Å². The average Bonchev–Trinajstić information content (AvgIpc) is 2.71. The Balaban J connectivity index is 2.08. The van der Waals surface area contributed by atoms with Crippen LogP contribution in [0.4, 0.5) is 13.2 Å². The van der Waals surface area contributed by atoms with Crippen LogP contribution in [0.15, 0.2) is 59.2 Å². The molecule has 0 radical (unpaired) electrons. The van der Waals surface area contributed by atoms with E-state index in [1.807, 2.05) is 57.2 Å². The van der Waals surface area contributed by atoms with Crippen LogP contribution in [0.3, 0.4) is 0 Å². The van der Waals surface area contributed by atoms with E-state index in [0.29, 0.717) is 11.5 Å². The topological polar surface area (TPSA) is 37.4 Å². The molecule has 1 aromatic carbocycles. The van der Waals surface area contributed by atoms with Gasteiger partial charge < -0.3 is 4.90 Å². The molecule has 0 spiro atoms. The molecular weight excluding hydrogens is 415 g/mol. The molecule has 0 aromatic heterocycles. The molecule has 0 bridgehead atoms. The number of benzene rings is 1. The lowest BCUT2D eigenvalue weighted by atomic mass is 9.85. The second-order valence-electron chi connectivity index (χ2n) is 8.79. The molecule has 1 fully saturated rings. The number of nitrogens with zero attached hydrogens (tertiary/aromatic N) is 1. The summed E-state index contributed by atoms with van der Waals surface area (Å²) in [7, 11) is 0. The van der Waals surface area contributed by atoms with Gasteiger partial charge in [0.05, 0.1) is 12.6 Å². The lowest BCUT2D eigenvalue weighted by Crippen LogP contribution is -2.52. The summed E-state index contributed by atoms with van der Waals surface area (Å²) < 4.78 is 39.9. The monoisotopic (exact) mass is 443 g/mol. The predicted molar refractivity (Wildman–Crippen MR) is 120 cm³/mol. The van der Waals surface area contributed by atoms with Gasteiger partial charge in [0.25, 0.3) is 0 Å². The van der Waals surface area contributed by atoms with Crippen molar-refractivity contribution in [2.45, 2.75) is 46.8 Å². The van der Waals surface area contributed by atoms with E-state index in [1.165, 1.54) is 6.92 Å². The highest BCUT2D eigenvalue weighted by Gasteiger charge is 2.47. The molecule has 0 N–H and O–H groups in total. The summed E-state index contributed by atoms with van der Waals surface area (Å²) in [6.07, 6.45) is 4.07. The number of allylic oxidation sites excluding steroid dienone is 5. The minimum absolute atomic E-state index is 0.164. The lowest BCUT2D eigenvalue weighted by molar-refractivity contribution is -0.186. The van der Waals surface area contributed by atoms with Crippen LogP contribution in [0.1, 0.15) is 37.5 Å². The second-order valence-corrected chi connectivity index (χ2v) is 8.79. The quantitative estimate of drug-likeness (QED) is 0.547. The van der Waals surface area contributed by atoms with Gasteiger partial charge in [0.1, 0.15) is 0 Å². The third-order valence-electron chi connectivity index (χ3n) is 6.39. The fraction of sp³-hybridized carbons (Fsp3) is 0.385. The van der Waals surface area contributed by atoms with E-state index in [2.05, 4.69) is 6.92 Å². The van der Waals surface area contributed by atoms with Crippen molar-refractivity contribution >= 4 is 17.8 Å². The van der Waals surface area contributed by atoms with Crippen LogP contribution in [-0.4, -0.2) is 35.4 Å². The number of carbonyl (C=O) groups is 2. The molecule has 1 aromatic rings. The molecule has 1 amide bonds. The molecule has 32 heavy (non-hydrogen) atoms. The Hall–Kier alpha value is -2.89. The Labute approximate surface area is 187 Å². The van der Waals surface area contributed by atoms with Crippen LogP contribution in [0.25, 0.3) is 6.08 Å². The number of hydrogen-bond acceptors (Lipinski definition) is 2. The number of likely N-dealkylation sites (tertiary alicyclic amines) is 1. The number of carbonyl (C=O) groups excluding carboxylic acids is 2. The zero-order valence-corrected chi connectivity index (χ0v) is 19.0. The first-order valence-electron chi connectivity index (χ1n) is 10.7. The summed E-state index contributed by atoms with van der Waals surface area (Å²) in [5, 5.41) is 0. The fourth-order valence-corrected chi connectivity index (χ4v) is 3.92. The summed E-state index contributed by atoms with van der Waals surface area (Å²) >= 11 is 0. The summed E-state index contributed by atoms with van der Waals surface area (Å²) in [6, 6.07) is 4.60. The average molecular weight is 444 g/mol. The largest absolute Gasteiger partial charge is 0.471 e. The van der Waals surface area contributed by atoms with Crippen LogP contribution < -0.4 is 0 Å². The van der Waals surface area contributed by atoms with E-state index in [1.54, 1.807) is 12.2 Å². The first-order chi connectivity index (χ1) is 14.9. The normalized spacial score (nSPS) is 26.6. The molecule has 3 atom stereocenters. The van der Waals surface area contributed by atoms with Gasteiger partial charge in [0.2, 0.25) is 0 Å². The van der Waals surface area contributed by atoms with Gasteiger partial charge in [-0.25, -0.2) is 0 Å². The van der Waals surface area contributed by atoms with Crippen molar-refractivity contribution in [1.29, 1.82) is 0 Å². The van der Waals surface area contributed by atoms with Gasteiger partial charge in [-0.2, -0.15) is 13.2 Å². The van der Waals surface area contributed by atoms with Gasteiger partial charge in [-0.15, -0.1) is 0 Å². The van der Waals surface area contributed by atoms with Gasteiger partial charge in [-0.05, 0) is 67.0 Å². The molecule has 0 saturated carbocycles. The first kappa shape index (κ1) is 23.8. The van der Waals surface area contributed by atoms with Crippen LogP contribution in [-0.2, 0) is 9.59 Å². The SMILES string of the molecule is Cc1ccc(/C=C2\CN(C(=O)C(F)(F)F)C(C)/C(=C\C3=CC(C)C(C)C=C3)C2=O)cc1C. The summed E-state index contributed by atoms with van der Waals surface area (Å²) in [5.41, 5.74) is 3.90. The van der Waals surface area contributed by atoms with Crippen molar-refractivity contribution in [3.63, 3.8) is 0 Å². The molecule has 170 valence electrons. The van der Waals surface area contributed by atoms with Crippen molar-refractivity contribution in [2.75, 3.05) is 6.54 Å². The maximum absolute atomic E-state index is 13.3. The summed E-state index contributed by atoms with van der Waals surface area (Å²) in [6.45, 7) is 9.09. The number of ketones is 1. The number of aryl methyl sites for hydroxylation is 2. The van der Waals surface area contributed by atoms with E-state index in [9.17, 15) is 22.8 Å². The zero-order valence-electron chi connectivity index (χ0n) is 19.0. The minimum Gasteiger partial charge on any atom is -0.324 e. The van der Waals surface area contributed by atoms with E-state index in [-0.39, 0.29) is 29.4 Å². The van der Waals surface area contributed by atoms with Gasteiger partial charge >= 0.3 is 12.1 Å². The second kappa shape index (κ2) is 8.93. The number of halogens is 3. The Morgan fingerprint density at radius 2 is 1.75 bits per heavy atom. The highest BCUT2D eigenvalue weighted by Crippen LogP contribution is 2.32. The molecule has 1 aliphatic heterocycles. The number of piperidine rings is 1. The molecular formula is C26H28F3NO2. The molecule has 2 aliphatic rings. The number of alkyl halides is 3. The van der Waals surface area contributed by atoms with Crippen molar-refractivity contribution in [2.24, 2.45) is 11.8 Å². The van der Waals surface area contributed by atoms with Crippen molar-refractivity contribution < 1.29 is 22.8 Å². The molecule has 1 aliphatic carbocycles. The van der Waals surface area contributed by atoms with Gasteiger partial charge in [-0.1, -0.05) is 50.3 Å². The van der Waals surface area contributed by atoms with Crippen LogP contribution >= 0.6 is 0 Å². The standard InChI is InChI=1S/C26H28F3NO2/c1-15-6-8-20(10-17(15)3)12-22-14-30(25(32)26(27,28)29)19(5)23(24(22)31)13-21-9-7-16(2)18(4)11-21/h6-13,16,18-19H,14H2,1-5H3/b22-12+,23-13+. The molecule has 1 saturated heterocycles. The van der Waals surface area contributed by atoms with Gasteiger partial charge in [-0.3, -0.25) is 9.59 Å². The Morgan fingerprint density at radius 3 is 2.34 bits per heavy atom. The zero-order chi connectivity index (χ0) is 23.8. The van der Waals surface area contributed by atoms with Crippen LogP contribution in [0.5, 0.6) is 0 Å². The van der Waals surface area contributed by atoms with Crippen LogP contribution in [0.2, 0.25) is 0 Å². The third-order valence-corrected chi connectivity index (χ3v) is 6.39. The van der Waals surface area contributed by atoms with Crippen molar-refractivity contribution in [1.82, 2.24) is 4.90 Å². The number of rotatable bonds is 2. The van der Waals surface area contributed by atoms with E-state index in [0.717, 1.165) is 21.6 Å².